The lowest BCUT2D eigenvalue weighted by atomic mass is 10.5. The molecule has 0 bridgehead atoms. The molecule has 2 unspecified atom stereocenters. The minimum absolute atomic E-state index is 0.270. The van der Waals surface area contributed by atoms with Gasteiger partial charge in [-0.2, -0.15) is 0 Å². The van der Waals surface area contributed by atoms with Crippen LogP contribution in [0.1, 0.15) is 19.6 Å². The van der Waals surface area contributed by atoms with E-state index in [0.717, 1.165) is 6.42 Å². The summed E-state index contributed by atoms with van der Waals surface area (Å²) in [7, 11) is 0. The van der Waals surface area contributed by atoms with Crippen molar-refractivity contribution in [2.45, 2.75) is 25.9 Å². The lowest BCUT2D eigenvalue weighted by molar-refractivity contribution is -0.0731. The molecule has 0 amide bonds. The molecule has 0 spiro atoms. The van der Waals surface area contributed by atoms with Crippen LogP contribution in [-0.4, -0.2) is 22.4 Å². The molecule has 1 saturated heterocycles. The fourth-order valence-corrected chi connectivity index (χ4v) is 1.46. The molecule has 0 aromatic carbocycles. The maximum absolute atomic E-state index is 11.4. The highest BCUT2D eigenvalue weighted by molar-refractivity contribution is 4.84. The third kappa shape index (κ3) is 2.00. The van der Waals surface area contributed by atoms with E-state index in [2.05, 4.69) is 4.98 Å². The van der Waals surface area contributed by atoms with Gasteiger partial charge in [0, 0.05) is 12.3 Å². The first-order chi connectivity index (χ1) is 7.20. The van der Waals surface area contributed by atoms with E-state index in [9.17, 15) is 9.59 Å². The van der Waals surface area contributed by atoms with Gasteiger partial charge >= 0.3 is 5.69 Å². The number of aromatic nitrogens is 2. The highest BCUT2D eigenvalue weighted by atomic mass is 16.7. The number of H-pyrrole nitrogens is 1. The molecule has 0 saturated carbocycles. The first-order valence-electron chi connectivity index (χ1n) is 4.79. The van der Waals surface area contributed by atoms with Gasteiger partial charge in [-0.25, -0.2) is 4.79 Å². The molecule has 1 aromatic rings. The Bertz CT molecular complexity index is 450. The summed E-state index contributed by atoms with van der Waals surface area (Å²) >= 11 is 0. The fourth-order valence-electron chi connectivity index (χ4n) is 1.46. The predicted molar refractivity (Wildman–Crippen MR) is 51.5 cm³/mol. The van der Waals surface area contributed by atoms with Crippen LogP contribution in [0.2, 0.25) is 0 Å². The summed E-state index contributed by atoms with van der Waals surface area (Å²) in [5, 5.41) is 0. The maximum Gasteiger partial charge on any atom is 0.330 e. The third-order valence-corrected chi connectivity index (χ3v) is 2.23. The minimum atomic E-state index is -0.479. The Labute approximate surface area is 85.4 Å². The second kappa shape index (κ2) is 4.00. The number of hydrogen-bond acceptors (Lipinski definition) is 4. The van der Waals surface area contributed by atoms with Gasteiger partial charge in [0.2, 0.25) is 0 Å². The molecule has 2 atom stereocenters. The van der Waals surface area contributed by atoms with Crippen LogP contribution in [0, 0.1) is 0 Å². The van der Waals surface area contributed by atoms with E-state index in [-0.39, 0.29) is 6.29 Å². The van der Waals surface area contributed by atoms with Gasteiger partial charge in [-0.1, -0.05) is 6.92 Å². The van der Waals surface area contributed by atoms with Gasteiger partial charge in [0.25, 0.3) is 5.56 Å². The smallest absolute Gasteiger partial charge is 0.330 e. The second-order valence-electron chi connectivity index (χ2n) is 3.28. The number of rotatable bonds is 2. The molecule has 2 heterocycles. The minimum Gasteiger partial charge on any atom is -0.348 e. The van der Waals surface area contributed by atoms with E-state index in [1.165, 1.54) is 16.8 Å². The highest BCUT2D eigenvalue weighted by Crippen LogP contribution is 2.20. The Morgan fingerprint density at radius 3 is 3.00 bits per heavy atom. The SMILES string of the molecule is CCC1OCC(n2ccc(=O)[nH]c2=O)O1. The summed E-state index contributed by atoms with van der Waals surface area (Å²) in [4.78, 5) is 24.4. The first-order valence-corrected chi connectivity index (χ1v) is 4.79. The zero-order chi connectivity index (χ0) is 10.8. The van der Waals surface area contributed by atoms with Gasteiger partial charge in [-0.3, -0.25) is 14.3 Å². The topological polar surface area (TPSA) is 73.3 Å². The molecule has 1 fully saturated rings. The van der Waals surface area contributed by atoms with E-state index in [0.29, 0.717) is 6.61 Å². The van der Waals surface area contributed by atoms with Crippen molar-refractivity contribution in [1.82, 2.24) is 9.55 Å². The Morgan fingerprint density at radius 1 is 1.60 bits per heavy atom. The van der Waals surface area contributed by atoms with Gasteiger partial charge in [-0.15, -0.1) is 0 Å². The molecule has 2 rings (SSSR count). The quantitative estimate of drug-likeness (QED) is 0.738. The van der Waals surface area contributed by atoms with E-state index in [1.54, 1.807) is 0 Å². The molecular weight excluding hydrogens is 200 g/mol. The molecule has 0 aliphatic carbocycles. The summed E-state index contributed by atoms with van der Waals surface area (Å²) in [5.41, 5.74) is -0.893. The van der Waals surface area contributed by atoms with Gasteiger partial charge in [-0.05, 0) is 6.42 Å². The van der Waals surface area contributed by atoms with Gasteiger partial charge in [0.05, 0.1) is 6.61 Å². The Hall–Kier alpha value is -1.40. The van der Waals surface area contributed by atoms with Crippen molar-refractivity contribution in [2.24, 2.45) is 0 Å². The molecule has 6 nitrogen and oxygen atoms in total. The zero-order valence-corrected chi connectivity index (χ0v) is 8.30. The van der Waals surface area contributed by atoms with Crippen molar-refractivity contribution >= 4 is 0 Å². The zero-order valence-electron chi connectivity index (χ0n) is 8.30. The van der Waals surface area contributed by atoms with Crippen LogP contribution >= 0.6 is 0 Å². The Balaban J connectivity index is 2.24. The number of nitrogens with zero attached hydrogens (tertiary/aromatic N) is 1. The predicted octanol–water partition coefficient (Wildman–Crippen LogP) is -0.182. The van der Waals surface area contributed by atoms with Crippen molar-refractivity contribution in [1.29, 1.82) is 0 Å². The molecule has 1 aliphatic rings. The first kappa shape index (κ1) is 10.1. The molecule has 15 heavy (non-hydrogen) atoms. The normalized spacial score (nSPS) is 25.7. The monoisotopic (exact) mass is 212 g/mol. The molecular formula is C9H12N2O4. The molecule has 0 radical (unpaired) electrons. The summed E-state index contributed by atoms with van der Waals surface area (Å²) in [6, 6.07) is 1.28. The third-order valence-electron chi connectivity index (χ3n) is 2.23. The molecule has 1 aliphatic heterocycles. The second-order valence-corrected chi connectivity index (χ2v) is 3.28. The molecule has 1 N–H and O–H groups in total. The average molecular weight is 212 g/mol. The maximum atomic E-state index is 11.4. The van der Waals surface area contributed by atoms with Crippen LogP contribution in [-0.2, 0) is 9.47 Å². The summed E-state index contributed by atoms with van der Waals surface area (Å²) in [6.45, 7) is 2.26. The van der Waals surface area contributed by atoms with Crippen LogP contribution in [0.5, 0.6) is 0 Å². The lowest BCUT2D eigenvalue weighted by Crippen LogP contribution is -2.32. The van der Waals surface area contributed by atoms with Crippen molar-refractivity contribution in [3.8, 4) is 0 Å². The van der Waals surface area contributed by atoms with E-state index in [1.807, 2.05) is 6.92 Å². The lowest BCUT2D eigenvalue weighted by Gasteiger charge is -2.11. The summed E-state index contributed by atoms with van der Waals surface area (Å²) in [6.07, 6.45) is 1.43. The number of hydrogen-bond donors (Lipinski definition) is 1. The van der Waals surface area contributed by atoms with Crippen LogP contribution < -0.4 is 11.2 Å². The molecule has 6 heteroatoms. The van der Waals surface area contributed by atoms with Crippen molar-refractivity contribution in [2.75, 3.05) is 6.61 Å². The van der Waals surface area contributed by atoms with Crippen molar-refractivity contribution in [3.63, 3.8) is 0 Å². The highest BCUT2D eigenvalue weighted by Gasteiger charge is 2.26. The van der Waals surface area contributed by atoms with E-state index in [4.69, 9.17) is 9.47 Å². The Kier molecular flexibility index (Phi) is 2.70. The largest absolute Gasteiger partial charge is 0.348 e. The number of nitrogens with one attached hydrogen (secondary N) is 1. The Morgan fingerprint density at radius 2 is 2.40 bits per heavy atom. The van der Waals surface area contributed by atoms with Gasteiger partial charge in [0.1, 0.15) is 0 Å². The van der Waals surface area contributed by atoms with Gasteiger partial charge < -0.3 is 9.47 Å². The van der Waals surface area contributed by atoms with Crippen LogP contribution in [0.15, 0.2) is 21.9 Å². The summed E-state index contributed by atoms with van der Waals surface area (Å²) in [5.74, 6) is 0. The molecule has 1 aromatic heterocycles. The van der Waals surface area contributed by atoms with Crippen molar-refractivity contribution in [3.05, 3.63) is 33.1 Å². The summed E-state index contributed by atoms with van der Waals surface area (Å²) < 4.78 is 12.0. The van der Waals surface area contributed by atoms with Gasteiger partial charge in [0.15, 0.2) is 12.5 Å². The van der Waals surface area contributed by atoms with Crippen LogP contribution in [0.3, 0.4) is 0 Å². The average Bonchev–Trinajstić information content (AvgIpc) is 2.66. The van der Waals surface area contributed by atoms with E-state index >= 15 is 0 Å². The fraction of sp³-hybridized carbons (Fsp3) is 0.556. The van der Waals surface area contributed by atoms with Crippen molar-refractivity contribution < 1.29 is 9.47 Å². The number of ether oxygens (including phenoxy) is 2. The van der Waals surface area contributed by atoms with E-state index < -0.39 is 17.5 Å². The molecule has 82 valence electrons. The van der Waals surface area contributed by atoms with Crippen LogP contribution in [0.4, 0.5) is 0 Å². The standard InChI is InChI=1S/C9H12N2O4/c1-2-8-14-5-7(15-8)11-4-3-6(12)10-9(11)13/h3-4,7-8H,2,5H2,1H3,(H,10,12,13). The number of aromatic amines is 1. The van der Waals surface area contributed by atoms with Crippen LogP contribution in [0.25, 0.3) is 0 Å².